The lowest BCUT2D eigenvalue weighted by atomic mass is 10.1. The van der Waals surface area contributed by atoms with Gasteiger partial charge in [0.15, 0.2) is 0 Å². The first-order valence-corrected chi connectivity index (χ1v) is 10.1. The van der Waals surface area contributed by atoms with Crippen LogP contribution in [0.1, 0.15) is 24.8 Å². The molecule has 24 heavy (non-hydrogen) atoms. The maximum Gasteiger partial charge on any atom is 0.238 e. The molecule has 0 aliphatic carbocycles. The third-order valence-electron chi connectivity index (χ3n) is 4.69. The number of halogens is 1. The molecule has 2 atom stereocenters. The summed E-state index contributed by atoms with van der Waals surface area (Å²) in [6.45, 7) is 4.07. The van der Waals surface area contributed by atoms with Crippen LogP contribution in [0.2, 0.25) is 5.02 Å². The Morgan fingerprint density at radius 3 is 3.00 bits per heavy atom. The molecule has 2 aliphatic rings. The van der Waals surface area contributed by atoms with Gasteiger partial charge in [0.1, 0.15) is 0 Å². The number of anilines is 1. The van der Waals surface area contributed by atoms with Gasteiger partial charge in [-0.05, 0) is 49.6 Å². The molecule has 1 aromatic carbocycles. The molecule has 2 unspecified atom stereocenters. The second-order valence-corrected chi connectivity index (χ2v) is 8.15. The van der Waals surface area contributed by atoms with E-state index in [-0.39, 0.29) is 12.0 Å². The number of hydrogen-bond donors (Lipinski definition) is 1. The van der Waals surface area contributed by atoms with Crippen LogP contribution in [0, 0.1) is 6.92 Å². The summed E-state index contributed by atoms with van der Waals surface area (Å²) < 4.78 is 5.77. The van der Waals surface area contributed by atoms with Crippen LogP contribution in [-0.4, -0.2) is 54.2 Å². The first-order chi connectivity index (χ1) is 11.6. The lowest BCUT2D eigenvalue weighted by Crippen LogP contribution is -2.44. The zero-order valence-electron chi connectivity index (χ0n) is 14.1. The number of benzene rings is 1. The number of aryl methyl sites for hydroxylation is 1. The van der Waals surface area contributed by atoms with Crippen molar-refractivity contribution < 1.29 is 9.53 Å². The molecule has 2 fully saturated rings. The third kappa shape index (κ3) is 4.88. The summed E-state index contributed by atoms with van der Waals surface area (Å²) in [4.78, 5) is 14.8. The molecule has 132 valence electrons. The molecule has 0 spiro atoms. The summed E-state index contributed by atoms with van der Waals surface area (Å²) in [5, 5.41) is 3.65. The monoisotopic (exact) mass is 368 g/mol. The van der Waals surface area contributed by atoms with Crippen LogP contribution in [0.5, 0.6) is 0 Å². The maximum absolute atomic E-state index is 12.5. The Labute approximate surface area is 153 Å². The Kier molecular flexibility index (Phi) is 6.44. The Bertz CT molecular complexity index is 572. The lowest BCUT2D eigenvalue weighted by Gasteiger charge is -2.29. The van der Waals surface area contributed by atoms with Crippen molar-refractivity contribution in [2.24, 2.45) is 0 Å². The Hall–Kier alpha value is -0.750. The van der Waals surface area contributed by atoms with Crippen LogP contribution in [0.4, 0.5) is 5.69 Å². The fourth-order valence-electron chi connectivity index (χ4n) is 3.26. The van der Waals surface area contributed by atoms with Crippen LogP contribution in [0.25, 0.3) is 0 Å². The molecule has 0 aromatic heterocycles. The van der Waals surface area contributed by atoms with Crippen LogP contribution >= 0.6 is 23.4 Å². The van der Waals surface area contributed by atoms with E-state index in [2.05, 4.69) is 10.2 Å². The number of carbonyl (C=O) groups excluding carboxylic acids is 1. The number of rotatable bonds is 6. The van der Waals surface area contributed by atoms with Gasteiger partial charge < -0.3 is 10.1 Å². The summed E-state index contributed by atoms with van der Waals surface area (Å²) in [5.41, 5.74) is 1.77. The van der Waals surface area contributed by atoms with Crippen molar-refractivity contribution in [3.05, 3.63) is 28.8 Å². The van der Waals surface area contributed by atoms with Gasteiger partial charge in [0.05, 0.1) is 12.6 Å². The van der Waals surface area contributed by atoms with E-state index in [0.29, 0.717) is 17.6 Å². The number of hydrogen-bond acceptors (Lipinski definition) is 4. The zero-order chi connectivity index (χ0) is 16.9. The molecular weight excluding hydrogens is 344 g/mol. The smallest absolute Gasteiger partial charge is 0.238 e. The predicted octanol–water partition coefficient (Wildman–Crippen LogP) is 3.57. The summed E-state index contributed by atoms with van der Waals surface area (Å²) in [6, 6.07) is 6.11. The van der Waals surface area contributed by atoms with E-state index in [4.69, 9.17) is 16.3 Å². The third-order valence-corrected chi connectivity index (χ3v) is 6.24. The summed E-state index contributed by atoms with van der Waals surface area (Å²) in [7, 11) is 0. The molecular formula is C18H25ClN2O2S. The van der Waals surface area contributed by atoms with E-state index in [9.17, 15) is 4.79 Å². The van der Waals surface area contributed by atoms with E-state index in [1.165, 1.54) is 5.75 Å². The number of carbonyl (C=O) groups is 1. The molecule has 1 aromatic rings. The summed E-state index contributed by atoms with van der Waals surface area (Å²) in [5.74, 6) is 2.31. The Morgan fingerprint density at radius 2 is 2.33 bits per heavy atom. The quantitative estimate of drug-likeness (QED) is 0.833. The minimum Gasteiger partial charge on any atom is -0.377 e. The van der Waals surface area contributed by atoms with Crippen molar-refractivity contribution in [1.82, 2.24) is 4.90 Å². The zero-order valence-corrected chi connectivity index (χ0v) is 15.7. The Balaban J connectivity index is 1.59. The van der Waals surface area contributed by atoms with E-state index < -0.39 is 0 Å². The predicted molar refractivity (Wildman–Crippen MR) is 101 cm³/mol. The molecule has 2 saturated heterocycles. The van der Waals surface area contributed by atoms with Crippen LogP contribution in [0.15, 0.2) is 18.2 Å². The number of nitrogens with one attached hydrogen (secondary N) is 1. The molecule has 2 heterocycles. The van der Waals surface area contributed by atoms with Gasteiger partial charge in [0.25, 0.3) is 0 Å². The molecule has 6 heteroatoms. The summed E-state index contributed by atoms with van der Waals surface area (Å²) in [6.07, 6.45) is 3.66. The van der Waals surface area contributed by atoms with Gasteiger partial charge in [-0.2, -0.15) is 11.8 Å². The molecule has 0 saturated carbocycles. The second kappa shape index (κ2) is 8.56. The molecule has 0 bridgehead atoms. The first-order valence-electron chi connectivity index (χ1n) is 8.61. The standard InChI is InChI=1S/C18H25ClN2O2S/c1-13-4-5-14(9-17(13)19)20-18(22)11-21(15-6-8-24-12-15)10-16-3-2-7-23-16/h4-5,9,15-16H,2-3,6-8,10-12H2,1H3,(H,20,22). The van der Waals surface area contributed by atoms with Gasteiger partial charge in [-0.15, -0.1) is 0 Å². The van der Waals surface area contributed by atoms with Gasteiger partial charge in [0, 0.05) is 35.7 Å². The van der Waals surface area contributed by atoms with Crippen molar-refractivity contribution in [2.75, 3.05) is 36.5 Å². The van der Waals surface area contributed by atoms with Gasteiger partial charge in [-0.25, -0.2) is 0 Å². The summed E-state index contributed by atoms with van der Waals surface area (Å²) >= 11 is 8.11. The topological polar surface area (TPSA) is 41.6 Å². The number of amides is 1. The van der Waals surface area contributed by atoms with Crippen molar-refractivity contribution in [2.45, 2.75) is 38.3 Å². The van der Waals surface area contributed by atoms with E-state index >= 15 is 0 Å². The van der Waals surface area contributed by atoms with Crippen LogP contribution < -0.4 is 5.32 Å². The highest BCUT2D eigenvalue weighted by molar-refractivity contribution is 7.99. The minimum atomic E-state index is 0.0183. The molecule has 1 amide bonds. The fraction of sp³-hybridized carbons (Fsp3) is 0.611. The van der Waals surface area contributed by atoms with Crippen molar-refractivity contribution in [1.29, 1.82) is 0 Å². The van der Waals surface area contributed by atoms with Crippen molar-refractivity contribution >= 4 is 35.0 Å². The lowest BCUT2D eigenvalue weighted by molar-refractivity contribution is -0.118. The van der Waals surface area contributed by atoms with Gasteiger partial charge in [-0.1, -0.05) is 17.7 Å². The molecule has 4 nitrogen and oxygen atoms in total. The van der Waals surface area contributed by atoms with E-state index in [1.54, 1.807) is 0 Å². The molecule has 0 radical (unpaired) electrons. The molecule has 3 rings (SSSR count). The minimum absolute atomic E-state index is 0.0183. The number of thioether (sulfide) groups is 1. The van der Waals surface area contributed by atoms with E-state index in [0.717, 1.165) is 49.4 Å². The molecule has 2 aliphatic heterocycles. The van der Waals surface area contributed by atoms with E-state index in [1.807, 2.05) is 36.9 Å². The van der Waals surface area contributed by atoms with Crippen LogP contribution in [-0.2, 0) is 9.53 Å². The highest BCUT2D eigenvalue weighted by Gasteiger charge is 2.28. The highest BCUT2D eigenvalue weighted by Crippen LogP contribution is 2.25. The second-order valence-electron chi connectivity index (χ2n) is 6.59. The average molecular weight is 369 g/mol. The number of nitrogens with zero attached hydrogens (tertiary/aromatic N) is 1. The largest absolute Gasteiger partial charge is 0.377 e. The molecule has 1 N–H and O–H groups in total. The van der Waals surface area contributed by atoms with Crippen molar-refractivity contribution in [3.63, 3.8) is 0 Å². The van der Waals surface area contributed by atoms with Crippen LogP contribution in [0.3, 0.4) is 0 Å². The highest BCUT2D eigenvalue weighted by atomic mass is 35.5. The Morgan fingerprint density at radius 1 is 1.46 bits per heavy atom. The first kappa shape index (κ1) is 18.1. The number of ether oxygens (including phenoxy) is 1. The van der Waals surface area contributed by atoms with Crippen molar-refractivity contribution in [3.8, 4) is 0 Å². The SMILES string of the molecule is Cc1ccc(NC(=O)CN(CC2CCCO2)C2CCSC2)cc1Cl. The maximum atomic E-state index is 12.5. The average Bonchev–Trinajstić information content (AvgIpc) is 3.23. The van der Waals surface area contributed by atoms with Gasteiger partial charge in [-0.3, -0.25) is 9.69 Å². The fourth-order valence-corrected chi connectivity index (χ4v) is 4.69. The van der Waals surface area contributed by atoms with Gasteiger partial charge in [0.2, 0.25) is 5.91 Å². The normalized spacial score (nSPS) is 23.8. The van der Waals surface area contributed by atoms with Gasteiger partial charge >= 0.3 is 0 Å².